The van der Waals surface area contributed by atoms with Crippen molar-refractivity contribution in [3.05, 3.63) is 54.6 Å². The van der Waals surface area contributed by atoms with E-state index in [2.05, 4.69) is 13.2 Å². The first-order chi connectivity index (χ1) is 9.41. The van der Waals surface area contributed by atoms with Gasteiger partial charge in [-0.05, 0) is 12.1 Å². The minimum absolute atomic E-state index is 0.101. The summed E-state index contributed by atoms with van der Waals surface area (Å²) >= 11 is 0. The standard InChI is InChI=1S/C14H13F3O3/c1-3-8-19-12-10(13(18)20-9-4-2)6-5-7-11(12)14(15,16)17/h3-7H,1-2,8-9H2. The highest BCUT2D eigenvalue weighted by atomic mass is 19.4. The van der Waals surface area contributed by atoms with E-state index in [0.717, 1.165) is 12.1 Å². The fourth-order valence-corrected chi connectivity index (χ4v) is 1.43. The molecule has 0 aliphatic heterocycles. The van der Waals surface area contributed by atoms with Gasteiger partial charge >= 0.3 is 12.1 Å². The fourth-order valence-electron chi connectivity index (χ4n) is 1.43. The molecule has 6 heteroatoms. The van der Waals surface area contributed by atoms with E-state index in [9.17, 15) is 18.0 Å². The Labute approximate surface area is 114 Å². The van der Waals surface area contributed by atoms with Crippen molar-refractivity contribution in [2.24, 2.45) is 0 Å². The lowest BCUT2D eigenvalue weighted by atomic mass is 10.1. The number of halogens is 3. The molecule has 0 amide bonds. The fraction of sp³-hybridized carbons (Fsp3) is 0.214. The van der Waals surface area contributed by atoms with E-state index in [4.69, 9.17) is 9.47 Å². The van der Waals surface area contributed by atoms with Crippen molar-refractivity contribution < 1.29 is 27.4 Å². The molecule has 1 rings (SSSR count). The van der Waals surface area contributed by atoms with E-state index in [-0.39, 0.29) is 18.8 Å². The van der Waals surface area contributed by atoms with E-state index in [1.54, 1.807) is 0 Å². The third kappa shape index (κ3) is 3.88. The number of ether oxygens (including phenoxy) is 2. The van der Waals surface area contributed by atoms with Crippen LogP contribution in [0.15, 0.2) is 43.5 Å². The highest BCUT2D eigenvalue weighted by Crippen LogP contribution is 2.38. The molecule has 0 aliphatic carbocycles. The van der Waals surface area contributed by atoms with Crippen molar-refractivity contribution in [1.29, 1.82) is 0 Å². The quantitative estimate of drug-likeness (QED) is 0.592. The Hall–Kier alpha value is -2.24. The minimum atomic E-state index is -4.63. The van der Waals surface area contributed by atoms with Crippen molar-refractivity contribution >= 4 is 5.97 Å². The van der Waals surface area contributed by atoms with Crippen LogP contribution in [0.2, 0.25) is 0 Å². The van der Waals surface area contributed by atoms with Crippen LogP contribution in [0, 0.1) is 0 Å². The first-order valence-electron chi connectivity index (χ1n) is 5.63. The van der Waals surface area contributed by atoms with Gasteiger partial charge in [0.15, 0.2) is 0 Å². The van der Waals surface area contributed by atoms with Gasteiger partial charge in [0.05, 0.1) is 5.56 Å². The Morgan fingerprint density at radius 2 is 1.85 bits per heavy atom. The van der Waals surface area contributed by atoms with E-state index < -0.39 is 23.5 Å². The summed E-state index contributed by atoms with van der Waals surface area (Å²) in [5, 5.41) is 0. The van der Waals surface area contributed by atoms with Crippen molar-refractivity contribution in [3.63, 3.8) is 0 Å². The van der Waals surface area contributed by atoms with Crippen LogP contribution >= 0.6 is 0 Å². The van der Waals surface area contributed by atoms with Gasteiger partial charge in [-0.2, -0.15) is 13.2 Å². The van der Waals surface area contributed by atoms with E-state index >= 15 is 0 Å². The van der Waals surface area contributed by atoms with Crippen LogP contribution in [-0.4, -0.2) is 19.2 Å². The van der Waals surface area contributed by atoms with Gasteiger partial charge in [0, 0.05) is 0 Å². The molecule has 0 aliphatic rings. The molecule has 0 N–H and O–H groups in total. The monoisotopic (exact) mass is 286 g/mol. The first kappa shape index (κ1) is 15.8. The van der Waals surface area contributed by atoms with Crippen LogP contribution in [0.4, 0.5) is 13.2 Å². The number of hydrogen-bond acceptors (Lipinski definition) is 3. The lowest BCUT2D eigenvalue weighted by molar-refractivity contribution is -0.138. The van der Waals surface area contributed by atoms with Gasteiger partial charge in [0.1, 0.15) is 24.5 Å². The maximum atomic E-state index is 12.9. The molecule has 0 aromatic heterocycles. The number of esters is 1. The molecule has 0 radical (unpaired) electrons. The summed E-state index contributed by atoms with van der Waals surface area (Å²) < 4.78 is 48.4. The van der Waals surface area contributed by atoms with Gasteiger partial charge in [-0.1, -0.05) is 31.4 Å². The predicted octanol–water partition coefficient (Wildman–Crippen LogP) is 3.61. The van der Waals surface area contributed by atoms with Crippen LogP contribution in [0.3, 0.4) is 0 Å². The average molecular weight is 286 g/mol. The van der Waals surface area contributed by atoms with Crippen molar-refractivity contribution in [1.82, 2.24) is 0 Å². The van der Waals surface area contributed by atoms with Gasteiger partial charge < -0.3 is 9.47 Å². The number of benzene rings is 1. The molecular weight excluding hydrogens is 273 g/mol. The first-order valence-corrected chi connectivity index (χ1v) is 5.63. The third-order valence-corrected chi connectivity index (χ3v) is 2.22. The van der Waals surface area contributed by atoms with Gasteiger partial charge in [-0.25, -0.2) is 4.79 Å². The molecule has 20 heavy (non-hydrogen) atoms. The molecule has 0 saturated carbocycles. The number of hydrogen-bond donors (Lipinski definition) is 0. The Bertz CT molecular complexity index is 507. The van der Waals surface area contributed by atoms with Gasteiger partial charge in [-0.15, -0.1) is 0 Å². The van der Waals surface area contributed by atoms with Gasteiger partial charge in [0.2, 0.25) is 0 Å². The molecule has 0 unspecified atom stereocenters. The minimum Gasteiger partial charge on any atom is -0.488 e. The molecular formula is C14H13F3O3. The highest BCUT2D eigenvalue weighted by Gasteiger charge is 2.36. The second-order valence-electron chi connectivity index (χ2n) is 3.67. The van der Waals surface area contributed by atoms with E-state index in [1.165, 1.54) is 18.2 Å². The predicted molar refractivity (Wildman–Crippen MR) is 67.6 cm³/mol. The molecule has 1 aromatic carbocycles. The summed E-state index contributed by atoms with van der Waals surface area (Å²) in [6.45, 7) is 6.45. The van der Waals surface area contributed by atoms with Crippen LogP contribution in [-0.2, 0) is 10.9 Å². The number of carbonyl (C=O) groups is 1. The molecule has 0 spiro atoms. The SMILES string of the molecule is C=CCOC(=O)c1cccc(C(F)(F)F)c1OCC=C. The van der Waals surface area contributed by atoms with Crippen LogP contribution in [0.1, 0.15) is 15.9 Å². The molecule has 3 nitrogen and oxygen atoms in total. The molecule has 0 saturated heterocycles. The second-order valence-corrected chi connectivity index (χ2v) is 3.67. The van der Waals surface area contributed by atoms with Crippen LogP contribution in [0.25, 0.3) is 0 Å². The largest absolute Gasteiger partial charge is 0.488 e. The number of para-hydroxylation sites is 1. The summed E-state index contributed by atoms with van der Waals surface area (Å²) in [6.07, 6.45) is -2.03. The smallest absolute Gasteiger partial charge is 0.419 e. The maximum absolute atomic E-state index is 12.9. The van der Waals surface area contributed by atoms with Gasteiger partial charge in [0.25, 0.3) is 0 Å². The Kier molecular flexibility index (Phi) is 5.37. The molecule has 0 fully saturated rings. The topological polar surface area (TPSA) is 35.5 Å². The lowest BCUT2D eigenvalue weighted by Crippen LogP contribution is -2.14. The normalized spacial score (nSPS) is 10.8. The molecule has 108 valence electrons. The number of rotatable bonds is 6. The van der Waals surface area contributed by atoms with Crippen molar-refractivity contribution in [2.45, 2.75) is 6.18 Å². The maximum Gasteiger partial charge on any atom is 0.419 e. The Morgan fingerprint density at radius 3 is 2.40 bits per heavy atom. The zero-order valence-corrected chi connectivity index (χ0v) is 10.6. The number of carbonyl (C=O) groups excluding carboxylic acids is 1. The highest BCUT2D eigenvalue weighted by molar-refractivity contribution is 5.93. The van der Waals surface area contributed by atoms with E-state index in [1.807, 2.05) is 0 Å². The lowest BCUT2D eigenvalue weighted by Gasteiger charge is -2.16. The zero-order chi connectivity index (χ0) is 15.2. The molecule has 0 atom stereocenters. The molecule has 1 aromatic rings. The van der Waals surface area contributed by atoms with E-state index in [0.29, 0.717) is 0 Å². The summed E-state index contributed by atoms with van der Waals surface area (Å²) in [6, 6.07) is 3.16. The third-order valence-electron chi connectivity index (χ3n) is 2.22. The van der Waals surface area contributed by atoms with Gasteiger partial charge in [-0.3, -0.25) is 0 Å². The summed E-state index contributed by atoms with van der Waals surface area (Å²) in [7, 11) is 0. The summed E-state index contributed by atoms with van der Waals surface area (Å²) in [5.41, 5.74) is -1.32. The van der Waals surface area contributed by atoms with Crippen LogP contribution < -0.4 is 4.74 Å². The molecule has 0 heterocycles. The van der Waals surface area contributed by atoms with Crippen molar-refractivity contribution in [3.8, 4) is 5.75 Å². The summed E-state index contributed by atoms with van der Waals surface area (Å²) in [5.74, 6) is -1.47. The molecule has 0 bridgehead atoms. The van der Waals surface area contributed by atoms with Crippen LogP contribution in [0.5, 0.6) is 5.75 Å². The Balaban J connectivity index is 3.24. The average Bonchev–Trinajstić information content (AvgIpc) is 2.41. The Morgan fingerprint density at radius 1 is 1.20 bits per heavy atom. The number of alkyl halides is 3. The van der Waals surface area contributed by atoms with Crippen molar-refractivity contribution in [2.75, 3.05) is 13.2 Å². The second kappa shape index (κ2) is 6.79. The zero-order valence-electron chi connectivity index (χ0n) is 10.6. The summed E-state index contributed by atoms with van der Waals surface area (Å²) in [4.78, 5) is 11.7.